The number of carbonyl (C=O) groups is 1. The standard InChI is InChI=1S/C29H41N3O4S/c1-2-36-29(33)26-15-21-32(22-16-26)37(34,35)28-11-9-24(10-12-28)23-25-13-19-31(20-14-25)18-6-17-30-27-7-4-3-5-8-27/h3-5,7-12,25-26,30H,2,6,13-23H2,1H3. The maximum Gasteiger partial charge on any atom is 0.309 e. The molecule has 0 saturated carbocycles. The van der Waals surface area contributed by atoms with Gasteiger partial charge in [-0.25, -0.2) is 8.42 Å². The van der Waals surface area contributed by atoms with Gasteiger partial charge in [0.1, 0.15) is 0 Å². The Hall–Kier alpha value is -2.42. The number of ether oxygens (including phenoxy) is 1. The van der Waals surface area contributed by atoms with Gasteiger partial charge in [0.25, 0.3) is 0 Å². The van der Waals surface area contributed by atoms with E-state index in [0.29, 0.717) is 43.4 Å². The Morgan fingerprint density at radius 3 is 2.27 bits per heavy atom. The van der Waals surface area contributed by atoms with Crippen molar-refractivity contribution >= 4 is 21.7 Å². The first-order valence-electron chi connectivity index (χ1n) is 13.7. The monoisotopic (exact) mass is 527 g/mol. The summed E-state index contributed by atoms with van der Waals surface area (Å²) < 4.78 is 32.8. The predicted molar refractivity (Wildman–Crippen MR) is 147 cm³/mol. The van der Waals surface area contributed by atoms with Crippen molar-refractivity contribution in [2.45, 2.75) is 50.3 Å². The summed E-state index contributed by atoms with van der Waals surface area (Å²) in [7, 11) is -3.54. The summed E-state index contributed by atoms with van der Waals surface area (Å²) in [6, 6.07) is 17.8. The Bertz CT molecular complexity index is 1080. The fraction of sp³-hybridized carbons (Fsp3) is 0.552. The summed E-state index contributed by atoms with van der Waals surface area (Å²) in [6.45, 7) is 7.23. The van der Waals surface area contributed by atoms with Crippen molar-refractivity contribution in [3.63, 3.8) is 0 Å². The molecule has 2 saturated heterocycles. The van der Waals surface area contributed by atoms with Gasteiger partial charge in [0.2, 0.25) is 10.0 Å². The number of nitrogens with zero attached hydrogens (tertiary/aromatic N) is 2. The lowest BCUT2D eigenvalue weighted by Gasteiger charge is -2.32. The third-order valence-electron chi connectivity index (χ3n) is 7.62. The number of anilines is 1. The molecule has 0 amide bonds. The molecule has 37 heavy (non-hydrogen) atoms. The molecule has 0 aliphatic carbocycles. The summed E-state index contributed by atoms with van der Waals surface area (Å²) in [6.07, 6.45) is 5.52. The van der Waals surface area contributed by atoms with Crippen LogP contribution >= 0.6 is 0 Å². The largest absolute Gasteiger partial charge is 0.466 e. The van der Waals surface area contributed by atoms with Crippen molar-refractivity contribution in [1.82, 2.24) is 9.21 Å². The second kappa shape index (κ2) is 13.4. The van der Waals surface area contributed by atoms with Crippen LogP contribution in [0.2, 0.25) is 0 Å². The number of hydrogen-bond acceptors (Lipinski definition) is 6. The van der Waals surface area contributed by atoms with E-state index in [0.717, 1.165) is 39.0 Å². The SMILES string of the molecule is CCOC(=O)C1CCN(S(=O)(=O)c2ccc(CC3CCN(CCCNc4ccccc4)CC3)cc2)CC1. The lowest BCUT2D eigenvalue weighted by molar-refractivity contribution is -0.149. The van der Waals surface area contributed by atoms with Crippen molar-refractivity contribution in [1.29, 1.82) is 0 Å². The number of hydrogen-bond donors (Lipinski definition) is 1. The van der Waals surface area contributed by atoms with E-state index in [-0.39, 0.29) is 11.9 Å². The number of likely N-dealkylation sites (tertiary alicyclic amines) is 1. The summed E-state index contributed by atoms with van der Waals surface area (Å²) in [4.78, 5) is 14.9. The molecule has 2 heterocycles. The Labute approximate surface area is 222 Å². The second-order valence-electron chi connectivity index (χ2n) is 10.2. The number of rotatable bonds is 11. The summed E-state index contributed by atoms with van der Waals surface area (Å²) in [5.41, 5.74) is 2.38. The smallest absolute Gasteiger partial charge is 0.309 e. The zero-order chi connectivity index (χ0) is 26.1. The van der Waals surface area contributed by atoms with Crippen LogP contribution in [0.5, 0.6) is 0 Å². The molecule has 1 N–H and O–H groups in total. The van der Waals surface area contributed by atoms with Crippen molar-refractivity contribution in [2.75, 3.05) is 51.2 Å². The number of carbonyl (C=O) groups excluding carboxylic acids is 1. The Morgan fingerprint density at radius 2 is 1.62 bits per heavy atom. The highest BCUT2D eigenvalue weighted by Gasteiger charge is 2.32. The zero-order valence-electron chi connectivity index (χ0n) is 22.0. The van der Waals surface area contributed by atoms with Crippen LogP contribution in [0.3, 0.4) is 0 Å². The van der Waals surface area contributed by atoms with E-state index in [1.54, 1.807) is 19.1 Å². The molecule has 0 atom stereocenters. The molecular formula is C29H41N3O4S. The van der Waals surface area contributed by atoms with Crippen LogP contribution in [-0.2, 0) is 26.0 Å². The maximum absolute atomic E-state index is 13.1. The van der Waals surface area contributed by atoms with Gasteiger partial charge >= 0.3 is 5.97 Å². The van der Waals surface area contributed by atoms with Crippen LogP contribution in [-0.4, -0.2) is 69.5 Å². The first kappa shape index (κ1) is 27.6. The number of piperidine rings is 2. The lowest BCUT2D eigenvalue weighted by atomic mass is 9.90. The van der Waals surface area contributed by atoms with Gasteiger partial charge in [-0.3, -0.25) is 4.79 Å². The van der Waals surface area contributed by atoms with Crippen molar-refractivity contribution in [2.24, 2.45) is 11.8 Å². The summed E-state index contributed by atoms with van der Waals surface area (Å²) in [5.74, 6) is 0.226. The molecule has 2 aliphatic heterocycles. The van der Waals surface area contributed by atoms with E-state index in [1.165, 1.54) is 28.4 Å². The number of benzene rings is 2. The average Bonchev–Trinajstić information content (AvgIpc) is 2.93. The molecule has 0 unspecified atom stereocenters. The fourth-order valence-electron chi connectivity index (χ4n) is 5.38. The van der Waals surface area contributed by atoms with E-state index in [9.17, 15) is 13.2 Å². The first-order chi connectivity index (χ1) is 18.0. The highest BCUT2D eigenvalue weighted by molar-refractivity contribution is 7.89. The van der Waals surface area contributed by atoms with Gasteiger partial charge in [-0.1, -0.05) is 30.3 Å². The Balaban J connectivity index is 1.18. The molecule has 0 bridgehead atoms. The molecule has 7 nitrogen and oxygen atoms in total. The maximum atomic E-state index is 13.1. The van der Waals surface area contributed by atoms with Gasteiger partial charge < -0.3 is 15.0 Å². The molecule has 0 aromatic heterocycles. The Kier molecular flexibility index (Phi) is 10.00. The number of esters is 1. The van der Waals surface area contributed by atoms with Crippen LogP contribution in [0.4, 0.5) is 5.69 Å². The molecule has 2 fully saturated rings. The van der Waals surface area contributed by atoms with E-state index < -0.39 is 10.0 Å². The van der Waals surface area contributed by atoms with Gasteiger partial charge in [0.15, 0.2) is 0 Å². The molecule has 8 heteroatoms. The molecule has 202 valence electrons. The number of para-hydroxylation sites is 1. The molecular weight excluding hydrogens is 486 g/mol. The van der Waals surface area contributed by atoms with Crippen LogP contribution < -0.4 is 5.32 Å². The van der Waals surface area contributed by atoms with Gasteiger partial charge in [0.05, 0.1) is 17.4 Å². The van der Waals surface area contributed by atoms with Gasteiger partial charge in [0, 0.05) is 25.3 Å². The molecule has 2 aromatic carbocycles. The normalized spacial score (nSPS) is 18.5. The minimum absolute atomic E-state index is 0.203. The summed E-state index contributed by atoms with van der Waals surface area (Å²) in [5, 5.41) is 3.48. The van der Waals surface area contributed by atoms with Gasteiger partial charge in [-0.2, -0.15) is 4.31 Å². The predicted octanol–water partition coefficient (Wildman–Crippen LogP) is 4.41. The quantitative estimate of drug-likeness (QED) is 0.345. The topological polar surface area (TPSA) is 79.0 Å². The lowest BCUT2D eigenvalue weighted by Crippen LogP contribution is -2.40. The van der Waals surface area contributed by atoms with Crippen molar-refractivity contribution in [3.05, 3.63) is 60.2 Å². The summed E-state index contributed by atoms with van der Waals surface area (Å²) >= 11 is 0. The molecule has 0 radical (unpaired) electrons. The van der Waals surface area contributed by atoms with Gasteiger partial charge in [-0.15, -0.1) is 0 Å². The van der Waals surface area contributed by atoms with E-state index in [2.05, 4.69) is 34.5 Å². The third kappa shape index (κ3) is 7.79. The number of sulfonamides is 1. The van der Waals surface area contributed by atoms with E-state index in [4.69, 9.17) is 4.74 Å². The Morgan fingerprint density at radius 1 is 0.946 bits per heavy atom. The minimum atomic E-state index is -3.54. The van der Waals surface area contributed by atoms with Gasteiger partial charge in [-0.05, 0) is 101 Å². The molecule has 4 rings (SSSR count). The molecule has 2 aliphatic rings. The number of nitrogens with one attached hydrogen (secondary N) is 1. The fourth-order valence-corrected chi connectivity index (χ4v) is 6.85. The van der Waals surface area contributed by atoms with E-state index >= 15 is 0 Å². The highest BCUT2D eigenvalue weighted by Crippen LogP contribution is 2.26. The zero-order valence-corrected chi connectivity index (χ0v) is 22.8. The van der Waals surface area contributed by atoms with Crippen LogP contribution in [0.1, 0.15) is 44.6 Å². The van der Waals surface area contributed by atoms with Crippen LogP contribution in [0, 0.1) is 11.8 Å². The van der Waals surface area contributed by atoms with Crippen LogP contribution in [0.25, 0.3) is 0 Å². The van der Waals surface area contributed by atoms with Crippen LogP contribution in [0.15, 0.2) is 59.5 Å². The highest BCUT2D eigenvalue weighted by atomic mass is 32.2. The second-order valence-corrected chi connectivity index (χ2v) is 12.1. The van der Waals surface area contributed by atoms with Crippen molar-refractivity contribution in [3.8, 4) is 0 Å². The molecule has 2 aromatic rings. The first-order valence-corrected chi connectivity index (χ1v) is 15.2. The average molecular weight is 528 g/mol. The molecule has 0 spiro atoms. The van der Waals surface area contributed by atoms with E-state index in [1.807, 2.05) is 18.2 Å². The third-order valence-corrected chi connectivity index (χ3v) is 9.53. The van der Waals surface area contributed by atoms with Crippen molar-refractivity contribution < 1.29 is 17.9 Å². The minimum Gasteiger partial charge on any atom is -0.466 e.